The van der Waals surface area contributed by atoms with E-state index in [0.29, 0.717) is 6.54 Å². The molecule has 2 atom stereocenters. The summed E-state index contributed by atoms with van der Waals surface area (Å²) in [5.74, 6) is 1.30. The highest BCUT2D eigenvalue weighted by molar-refractivity contribution is 7.99. The summed E-state index contributed by atoms with van der Waals surface area (Å²) in [5, 5.41) is 3.61. The van der Waals surface area contributed by atoms with Gasteiger partial charge in [-0.3, -0.25) is 4.79 Å². The normalized spacial score (nSPS) is 37.4. The van der Waals surface area contributed by atoms with Gasteiger partial charge in [-0.15, -0.1) is 0 Å². The predicted octanol–water partition coefficient (Wildman–Crippen LogP) is 1.57. The van der Waals surface area contributed by atoms with E-state index in [1.165, 1.54) is 25.0 Å². The smallest absolute Gasteiger partial charge is 0.246 e. The second-order valence-electron chi connectivity index (χ2n) is 4.71. The average Bonchev–Trinajstić information content (AvgIpc) is 2.24. The molecule has 2 fully saturated rings. The molecule has 2 aliphatic rings. The minimum Gasteiger partial charge on any atom is -0.364 e. The molecule has 1 amide bonds. The standard InChI is InChI=1S/C11H19NO2S/c1-11(8-12-10(13)7-14-11)6-9-4-2-3-5-15-9/h9H,2-8H2,1H3,(H,12,13). The van der Waals surface area contributed by atoms with Gasteiger partial charge in [-0.1, -0.05) is 6.42 Å². The van der Waals surface area contributed by atoms with E-state index in [1.807, 2.05) is 0 Å². The van der Waals surface area contributed by atoms with Gasteiger partial charge in [0.15, 0.2) is 0 Å². The lowest BCUT2D eigenvalue weighted by Gasteiger charge is -2.37. The molecule has 0 aromatic carbocycles. The number of carbonyl (C=O) groups is 1. The average molecular weight is 229 g/mol. The maximum atomic E-state index is 11.0. The molecule has 86 valence electrons. The van der Waals surface area contributed by atoms with Gasteiger partial charge in [-0.05, 0) is 31.9 Å². The van der Waals surface area contributed by atoms with E-state index >= 15 is 0 Å². The van der Waals surface area contributed by atoms with Crippen LogP contribution < -0.4 is 5.32 Å². The van der Waals surface area contributed by atoms with Crippen molar-refractivity contribution in [2.75, 3.05) is 18.9 Å². The Kier molecular flexibility index (Phi) is 3.57. The maximum absolute atomic E-state index is 11.0. The Balaban J connectivity index is 1.83. The van der Waals surface area contributed by atoms with E-state index in [1.54, 1.807) is 0 Å². The molecular weight excluding hydrogens is 210 g/mol. The van der Waals surface area contributed by atoms with Gasteiger partial charge in [0.25, 0.3) is 0 Å². The molecule has 2 aliphatic heterocycles. The third-order valence-corrected chi connectivity index (χ3v) is 4.54. The zero-order valence-corrected chi connectivity index (χ0v) is 10.1. The van der Waals surface area contributed by atoms with E-state index in [-0.39, 0.29) is 18.1 Å². The van der Waals surface area contributed by atoms with E-state index in [9.17, 15) is 4.79 Å². The summed E-state index contributed by atoms with van der Waals surface area (Å²) in [4.78, 5) is 11.0. The Morgan fingerprint density at radius 3 is 3.07 bits per heavy atom. The number of ether oxygens (including phenoxy) is 1. The van der Waals surface area contributed by atoms with Crippen LogP contribution in [0.15, 0.2) is 0 Å². The molecule has 4 heteroatoms. The molecule has 15 heavy (non-hydrogen) atoms. The van der Waals surface area contributed by atoms with Crippen molar-refractivity contribution in [1.82, 2.24) is 5.32 Å². The summed E-state index contributed by atoms with van der Waals surface area (Å²) in [7, 11) is 0. The fraction of sp³-hybridized carbons (Fsp3) is 0.909. The van der Waals surface area contributed by atoms with Gasteiger partial charge in [-0.2, -0.15) is 11.8 Å². The molecule has 1 N–H and O–H groups in total. The predicted molar refractivity (Wildman–Crippen MR) is 62.1 cm³/mol. The van der Waals surface area contributed by atoms with Gasteiger partial charge >= 0.3 is 0 Å². The molecule has 2 heterocycles. The first-order chi connectivity index (χ1) is 7.18. The zero-order chi connectivity index (χ0) is 10.7. The van der Waals surface area contributed by atoms with Crippen LogP contribution in [-0.2, 0) is 9.53 Å². The molecule has 0 bridgehead atoms. The summed E-state index contributed by atoms with van der Waals surface area (Å²) in [6, 6.07) is 0. The molecular formula is C11H19NO2S. The van der Waals surface area contributed by atoms with Crippen LogP contribution in [0.5, 0.6) is 0 Å². The van der Waals surface area contributed by atoms with Crippen LogP contribution in [0.3, 0.4) is 0 Å². The van der Waals surface area contributed by atoms with Gasteiger partial charge in [0.05, 0.1) is 5.60 Å². The van der Waals surface area contributed by atoms with Crippen molar-refractivity contribution in [3.63, 3.8) is 0 Å². The van der Waals surface area contributed by atoms with E-state index in [4.69, 9.17) is 4.74 Å². The van der Waals surface area contributed by atoms with Crippen molar-refractivity contribution in [2.24, 2.45) is 0 Å². The number of hydrogen-bond acceptors (Lipinski definition) is 3. The quantitative estimate of drug-likeness (QED) is 0.781. The molecule has 3 nitrogen and oxygen atoms in total. The summed E-state index contributed by atoms with van der Waals surface area (Å²) in [6.07, 6.45) is 5.07. The van der Waals surface area contributed by atoms with Gasteiger partial charge in [0.1, 0.15) is 6.61 Å². The lowest BCUT2D eigenvalue weighted by Crippen LogP contribution is -2.51. The SMILES string of the molecule is CC1(CC2CCCCS2)CNC(=O)CO1. The summed E-state index contributed by atoms with van der Waals surface area (Å²) in [5.41, 5.74) is -0.136. The topological polar surface area (TPSA) is 38.3 Å². The van der Waals surface area contributed by atoms with Crippen LogP contribution in [-0.4, -0.2) is 35.7 Å². The van der Waals surface area contributed by atoms with Crippen LogP contribution in [0.25, 0.3) is 0 Å². The van der Waals surface area contributed by atoms with E-state index in [2.05, 4.69) is 24.0 Å². The first-order valence-corrected chi connectivity index (χ1v) is 6.75. The number of nitrogens with one attached hydrogen (secondary N) is 1. The number of hydrogen-bond donors (Lipinski definition) is 1. The summed E-state index contributed by atoms with van der Waals surface area (Å²) in [6.45, 7) is 3.01. The Labute approximate surface area is 95.3 Å². The molecule has 0 aromatic heterocycles. The van der Waals surface area contributed by atoms with Crippen LogP contribution in [0.1, 0.15) is 32.6 Å². The number of morpholine rings is 1. The molecule has 2 saturated heterocycles. The highest BCUT2D eigenvalue weighted by Crippen LogP contribution is 2.33. The summed E-state index contributed by atoms with van der Waals surface area (Å²) >= 11 is 2.06. The number of amides is 1. The van der Waals surface area contributed by atoms with Crippen LogP contribution in [0.2, 0.25) is 0 Å². The Morgan fingerprint density at radius 1 is 1.60 bits per heavy atom. The molecule has 2 unspecified atom stereocenters. The van der Waals surface area contributed by atoms with Gasteiger partial charge in [0.2, 0.25) is 5.91 Å². The second kappa shape index (κ2) is 4.74. The third-order valence-electron chi connectivity index (χ3n) is 3.14. The first-order valence-electron chi connectivity index (χ1n) is 5.70. The van der Waals surface area contributed by atoms with Gasteiger partial charge in [0, 0.05) is 11.8 Å². The molecule has 0 saturated carbocycles. The molecule has 0 radical (unpaired) electrons. The Hall–Kier alpha value is -0.220. The lowest BCUT2D eigenvalue weighted by molar-refractivity contribution is -0.142. The maximum Gasteiger partial charge on any atom is 0.246 e. The van der Waals surface area contributed by atoms with Crippen molar-refractivity contribution in [3.8, 4) is 0 Å². The van der Waals surface area contributed by atoms with Crippen molar-refractivity contribution < 1.29 is 9.53 Å². The van der Waals surface area contributed by atoms with Gasteiger partial charge in [-0.25, -0.2) is 0 Å². The largest absolute Gasteiger partial charge is 0.364 e. The van der Waals surface area contributed by atoms with Crippen molar-refractivity contribution >= 4 is 17.7 Å². The first kappa shape index (κ1) is 11.3. The van der Waals surface area contributed by atoms with Crippen molar-refractivity contribution in [2.45, 2.75) is 43.5 Å². The lowest BCUT2D eigenvalue weighted by atomic mass is 9.96. The number of carbonyl (C=O) groups excluding carboxylic acids is 1. The number of rotatable bonds is 2. The van der Waals surface area contributed by atoms with Crippen LogP contribution in [0.4, 0.5) is 0 Å². The molecule has 0 aliphatic carbocycles. The molecule has 2 rings (SSSR count). The Morgan fingerprint density at radius 2 is 2.47 bits per heavy atom. The summed E-state index contributed by atoms with van der Waals surface area (Å²) < 4.78 is 5.66. The zero-order valence-electron chi connectivity index (χ0n) is 9.25. The fourth-order valence-electron chi connectivity index (χ4n) is 2.21. The fourth-order valence-corrected chi connectivity index (χ4v) is 3.72. The van der Waals surface area contributed by atoms with E-state index < -0.39 is 0 Å². The molecule has 0 aromatic rings. The van der Waals surface area contributed by atoms with Gasteiger partial charge < -0.3 is 10.1 Å². The molecule has 0 spiro atoms. The van der Waals surface area contributed by atoms with Crippen molar-refractivity contribution in [3.05, 3.63) is 0 Å². The highest BCUT2D eigenvalue weighted by Gasteiger charge is 2.34. The number of thioether (sulfide) groups is 1. The second-order valence-corrected chi connectivity index (χ2v) is 6.12. The monoisotopic (exact) mass is 229 g/mol. The minimum atomic E-state index is -0.136. The minimum absolute atomic E-state index is 0.0174. The third kappa shape index (κ3) is 3.11. The van der Waals surface area contributed by atoms with Crippen LogP contribution >= 0.6 is 11.8 Å². The van der Waals surface area contributed by atoms with E-state index in [0.717, 1.165) is 11.7 Å². The van der Waals surface area contributed by atoms with Crippen LogP contribution in [0, 0.1) is 0 Å². The van der Waals surface area contributed by atoms with Crippen molar-refractivity contribution in [1.29, 1.82) is 0 Å². The highest BCUT2D eigenvalue weighted by atomic mass is 32.2. The Bertz CT molecular complexity index is 229.